The molecule has 0 bridgehead atoms. The molecule has 6 nitrogen and oxygen atoms in total. The molecule has 0 radical (unpaired) electrons. The van der Waals surface area contributed by atoms with Gasteiger partial charge in [0.15, 0.2) is 0 Å². The quantitative estimate of drug-likeness (QED) is 0.414. The first-order valence-corrected chi connectivity index (χ1v) is 6.21. The number of carbonyl (C=O) groups is 1. The van der Waals surface area contributed by atoms with Crippen LogP contribution in [0.4, 0.5) is 0 Å². The maximum absolute atomic E-state index is 11.8. The second kappa shape index (κ2) is 8.39. The molecule has 1 rings (SSSR count). The highest BCUT2D eigenvalue weighted by Crippen LogP contribution is 2.25. The predicted molar refractivity (Wildman–Crippen MR) is 72.0 cm³/mol. The molecular formula is C14H20O6. The van der Waals surface area contributed by atoms with Crippen LogP contribution in [-0.4, -0.2) is 40.0 Å². The first kappa shape index (κ1) is 16.3. The van der Waals surface area contributed by atoms with Crippen molar-refractivity contribution in [2.45, 2.75) is 19.4 Å². The highest BCUT2D eigenvalue weighted by molar-refractivity contribution is 5.92. The minimum atomic E-state index is -0.616. The number of hydrogen-bond acceptors (Lipinski definition) is 6. The largest absolute Gasteiger partial charge is 0.497 e. The lowest BCUT2D eigenvalue weighted by Gasteiger charge is -2.10. The number of ether oxygens (including phenoxy) is 3. The van der Waals surface area contributed by atoms with Gasteiger partial charge in [-0.05, 0) is 19.1 Å². The molecule has 1 atom stereocenters. The average Bonchev–Trinajstić information content (AvgIpc) is 2.50. The van der Waals surface area contributed by atoms with E-state index >= 15 is 0 Å². The molecular weight excluding hydrogens is 264 g/mol. The number of methoxy groups -OCH3 is 3. The topological polar surface area (TPSA) is 63.2 Å². The van der Waals surface area contributed by atoms with Crippen molar-refractivity contribution >= 4 is 5.97 Å². The van der Waals surface area contributed by atoms with E-state index in [9.17, 15) is 4.79 Å². The van der Waals surface area contributed by atoms with E-state index in [1.165, 1.54) is 14.2 Å². The van der Waals surface area contributed by atoms with Crippen LogP contribution in [0.15, 0.2) is 18.2 Å². The summed E-state index contributed by atoms with van der Waals surface area (Å²) in [7, 11) is 4.61. The smallest absolute Gasteiger partial charge is 0.376 e. The standard InChI is InChI=1S/C14H20O6/c1-10(16-2)7-8-19-20-14(15)12-6-5-11(17-3)9-13(12)18-4/h5-6,9-10H,7-8H2,1-4H3. The van der Waals surface area contributed by atoms with Crippen LogP contribution in [0.25, 0.3) is 0 Å². The zero-order valence-electron chi connectivity index (χ0n) is 12.2. The molecule has 1 aromatic rings. The number of carbonyl (C=O) groups excluding carboxylic acids is 1. The predicted octanol–water partition coefficient (Wildman–Crippen LogP) is 2.22. The summed E-state index contributed by atoms with van der Waals surface area (Å²) in [5.41, 5.74) is 0.271. The molecule has 0 heterocycles. The Bertz CT molecular complexity index is 432. The molecule has 1 aromatic carbocycles. The highest BCUT2D eigenvalue weighted by Gasteiger charge is 2.16. The van der Waals surface area contributed by atoms with Gasteiger partial charge in [0, 0.05) is 19.6 Å². The lowest BCUT2D eigenvalue weighted by atomic mass is 10.2. The van der Waals surface area contributed by atoms with Gasteiger partial charge in [-0.25, -0.2) is 4.79 Å². The first-order valence-electron chi connectivity index (χ1n) is 6.21. The second-order valence-corrected chi connectivity index (χ2v) is 4.09. The van der Waals surface area contributed by atoms with Gasteiger partial charge in [0.25, 0.3) is 0 Å². The average molecular weight is 284 g/mol. The van der Waals surface area contributed by atoms with Crippen molar-refractivity contribution in [3.63, 3.8) is 0 Å². The van der Waals surface area contributed by atoms with Crippen molar-refractivity contribution < 1.29 is 28.8 Å². The summed E-state index contributed by atoms with van der Waals surface area (Å²) in [5, 5.41) is 0. The van der Waals surface area contributed by atoms with E-state index in [0.29, 0.717) is 17.9 Å². The normalized spacial score (nSPS) is 11.8. The molecule has 0 N–H and O–H groups in total. The van der Waals surface area contributed by atoms with Crippen LogP contribution < -0.4 is 9.47 Å². The molecule has 0 aliphatic rings. The van der Waals surface area contributed by atoms with Crippen molar-refractivity contribution in [2.24, 2.45) is 0 Å². The highest BCUT2D eigenvalue weighted by atomic mass is 17.2. The van der Waals surface area contributed by atoms with Crippen LogP contribution in [0.3, 0.4) is 0 Å². The summed E-state index contributed by atoms with van der Waals surface area (Å²) in [4.78, 5) is 21.4. The SMILES string of the molecule is COc1ccc(C(=O)OOCCC(C)OC)c(OC)c1. The molecule has 0 saturated carbocycles. The Balaban J connectivity index is 2.55. The van der Waals surface area contributed by atoms with E-state index < -0.39 is 5.97 Å². The van der Waals surface area contributed by atoms with Crippen molar-refractivity contribution in [3.8, 4) is 11.5 Å². The summed E-state index contributed by atoms with van der Waals surface area (Å²) in [6.07, 6.45) is 0.674. The van der Waals surface area contributed by atoms with Gasteiger partial charge in [-0.2, -0.15) is 4.89 Å². The van der Waals surface area contributed by atoms with Gasteiger partial charge in [0.1, 0.15) is 17.1 Å². The Hall–Kier alpha value is -1.79. The molecule has 0 aliphatic carbocycles. The maximum atomic E-state index is 11.8. The van der Waals surface area contributed by atoms with Gasteiger partial charge < -0.3 is 14.2 Å². The number of rotatable bonds is 8. The molecule has 0 spiro atoms. The Kier molecular flexibility index (Phi) is 6.83. The minimum absolute atomic E-state index is 0.0456. The third-order valence-electron chi connectivity index (χ3n) is 2.77. The number of benzene rings is 1. The molecule has 0 saturated heterocycles. The van der Waals surface area contributed by atoms with Crippen molar-refractivity contribution in [2.75, 3.05) is 27.9 Å². The molecule has 20 heavy (non-hydrogen) atoms. The van der Waals surface area contributed by atoms with Crippen LogP contribution >= 0.6 is 0 Å². The first-order chi connectivity index (χ1) is 9.62. The Morgan fingerprint density at radius 2 is 1.95 bits per heavy atom. The van der Waals surface area contributed by atoms with E-state index in [1.54, 1.807) is 25.3 Å². The Morgan fingerprint density at radius 1 is 1.20 bits per heavy atom. The molecule has 1 unspecified atom stereocenters. The lowest BCUT2D eigenvalue weighted by molar-refractivity contribution is -0.244. The molecule has 6 heteroatoms. The lowest BCUT2D eigenvalue weighted by Crippen LogP contribution is -2.12. The maximum Gasteiger partial charge on any atom is 0.376 e. The molecule has 0 aromatic heterocycles. The van der Waals surface area contributed by atoms with Crippen LogP contribution in [0.1, 0.15) is 23.7 Å². The van der Waals surface area contributed by atoms with Crippen molar-refractivity contribution in [1.82, 2.24) is 0 Å². The van der Waals surface area contributed by atoms with Gasteiger partial charge in [-0.1, -0.05) is 0 Å². The van der Waals surface area contributed by atoms with E-state index in [2.05, 4.69) is 0 Å². The van der Waals surface area contributed by atoms with Crippen LogP contribution in [0, 0.1) is 0 Å². The molecule has 112 valence electrons. The van der Waals surface area contributed by atoms with E-state index in [4.69, 9.17) is 24.0 Å². The van der Waals surface area contributed by atoms with Crippen LogP contribution in [0.2, 0.25) is 0 Å². The third-order valence-corrected chi connectivity index (χ3v) is 2.77. The van der Waals surface area contributed by atoms with Crippen molar-refractivity contribution in [1.29, 1.82) is 0 Å². The summed E-state index contributed by atoms with van der Waals surface area (Å²) in [6.45, 7) is 2.16. The molecule has 0 aliphatic heterocycles. The van der Waals surface area contributed by atoms with Crippen molar-refractivity contribution in [3.05, 3.63) is 23.8 Å². The van der Waals surface area contributed by atoms with Crippen LogP contribution in [-0.2, 0) is 14.5 Å². The number of hydrogen-bond donors (Lipinski definition) is 0. The van der Waals surface area contributed by atoms with E-state index in [1.807, 2.05) is 6.92 Å². The van der Waals surface area contributed by atoms with E-state index in [0.717, 1.165) is 0 Å². The molecule has 0 amide bonds. The van der Waals surface area contributed by atoms with Gasteiger partial charge in [-0.3, -0.25) is 4.89 Å². The Labute approximate surface area is 118 Å². The fraction of sp³-hybridized carbons (Fsp3) is 0.500. The van der Waals surface area contributed by atoms with Gasteiger partial charge in [0.2, 0.25) is 0 Å². The van der Waals surface area contributed by atoms with Crippen LogP contribution in [0.5, 0.6) is 11.5 Å². The molecule has 0 fully saturated rings. The minimum Gasteiger partial charge on any atom is -0.497 e. The fourth-order valence-corrected chi connectivity index (χ4v) is 1.44. The zero-order chi connectivity index (χ0) is 15.0. The van der Waals surface area contributed by atoms with E-state index in [-0.39, 0.29) is 18.3 Å². The fourth-order valence-electron chi connectivity index (χ4n) is 1.44. The second-order valence-electron chi connectivity index (χ2n) is 4.09. The van der Waals surface area contributed by atoms with Gasteiger partial charge in [0.05, 0.1) is 26.9 Å². The van der Waals surface area contributed by atoms with Gasteiger partial charge >= 0.3 is 5.97 Å². The van der Waals surface area contributed by atoms with Gasteiger partial charge in [-0.15, -0.1) is 0 Å². The Morgan fingerprint density at radius 3 is 2.55 bits per heavy atom. The third kappa shape index (κ3) is 4.71. The summed E-state index contributed by atoms with van der Waals surface area (Å²) < 4.78 is 15.2. The summed E-state index contributed by atoms with van der Waals surface area (Å²) in [6, 6.07) is 4.80. The summed E-state index contributed by atoms with van der Waals surface area (Å²) >= 11 is 0. The zero-order valence-corrected chi connectivity index (χ0v) is 12.2. The monoisotopic (exact) mass is 284 g/mol. The summed E-state index contributed by atoms with van der Waals surface area (Å²) in [5.74, 6) is 0.339.